The van der Waals surface area contributed by atoms with E-state index in [2.05, 4.69) is 22.4 Å². The van der Waals surface area contributed by atoms with Gasteiger partial charge in [0.25, 0.3) is 0 Å². The minimum atomic E-state index is 0.142. The van der Waals surface area contributed by atoms with E-state index < -0.39 is 0 Å². The van der Waals surface area contributed by atoms with Crippen molar-refractivity contribution in [3.05, 3.63) is 18.0 Å². The third kappa shape index (κ3) is 3.80. The largest absolute Gasteiger partial charge is 0.394 e. The molecule has 1 aliphatic heterocycles. The molecule has 1 atom stereocenters. The Balaban J connectivity index is 1.67. The Morgan fingerprint density at radius 2 is 2.47 bits per heavy atom. The molecule has 0 spiro atoms. The van der Waals surface area contributed by atoms with Crippen molar-refractivity contribution >= 4 is 0 Å². The van der Waals surface area contributed by atoms with Crippen LogP contribution in [0.1, 0.15) is 12.0 Å². The molecule has 1 aromatic heterocycles. The van der Waals surface area contributed by atoms with Crippen LogP contribution < -0.4 is 5.32 Å². The highest BCUT2D eigenvalue weighted by molar-refractivity contribution is 5.03. The van der Waals surface area contributed by atoms with E-state index in [1.54, 1.807) is 4.68 Å². The summed E-state index contributed by atoms with van der Waals surface area (Å²) in [6.07, 6.45) is 5.15. The summed E-state index contributed by atoms with van der Waals surface area (Å²) in [7, 11) is 2.18. The number of nitrogens with zero attached hydrogens (tertiary/aromatic N) is 3. The van der Waals surface area contributed by atoms with Gasteiger partial charge in [-0.05, 0) is 32.5 Å². The van der Waals surface area contributed by atoms with E-state index in [0.717, 1.165) is 19.0 Å². The molecule has 17 heavy (non-hydrogen) atoms. The van der Waals surface area contributed by atoms with Gasteiger partial charge in [0, 0.05) is 24.8 Å². The molecule has 0 radical (unpaired) electrons. The van der Waals surface area contributed by atoms with Gasteiger partial charge >= 0.3 is 0 Å². The third-order valence-electron chi connectivity index (χ3n) is 3.27. The quantitative estimate of drug-likeness (QED) is 0.728. The maximum absolute atomic E-state index is 8.79. The summed E-state index contributed by atoms with van der Waals surface area (Å²) in [5, 5.41) is 16.4. The number of nitrogens with one attached hydrogen (secondary N) is 1. The first-order chi connectivity index (χ1) is 8.28. The van der Waals surface area contributed by atoms with E-state index in [1.165, 1.54) is 25.1 Å². The molecule has 2 heterocycles. The minimum Gasteiger partial charge on any atom is -0.394 e. The highest BCUT2D eigenvalue weighted by atomic mass is 16.3. The van der Waals surface area contributed by atoms with E-state index in [-0.39, 0.29) is 6.61 Å². The number of aliphatic hydroxyl groups is 1. The zero-order valence-electron chi connectivity index (χ0n) is 10.5. The van der Waals surface area contributed by atoms with Gasteiger partial charge in [0.05, 0.1) is 19.3 Å². The Morgan fingerprint density at radius 3 is 3.18 bits per heavy atom. The number of likely N-dealkylation sites (tertiary alicyclic amines) is 1. The second kappa shape index (κ2) is 6.14. The highest BCUT2D eigenvalue weighted by Gasteiger charge is 2.18. The molecule has 1 fully saturated rings. The van der Waals surface area contributed by atoms with Crippen LogP contribution >= 0.6 is 0 Å². The second-order valence-electron chi connectivity index (χ2n) is 4.88. The number of aromatic nitrogens is 2. The maximum Gasteiger partial charge on any atom is 0.0640 e. The zero-order chi connectivity index (χ0) is 12.1. The fourth-order valence-electron chi connectivity index (χ4n) is 2.34. The van der Waals surface area contributed by atoms with E-state index >= 15 is 0 Å². The van der Waals surface area contributed by atoms with Gasteiger partial charge in [0.2, 0.25) is 0 Å². The summed E-state index contributed by atoms with van der Waals surface area (Å²) in [4.78, 5) is 2.38. The van der Waals surface area contributed by atoms with E-state index in [1.807, 2.05) is 12.4 Å². The van der Waals surface area contributed by atoms with Gasteiger partial charge in [-0.1, -0.05) is 0 Å². The molecule has 1 aliphatic rings. The Bertz CT molecular complexity index is 339. The van der Waals surface area contributed by atoms with Crippen LogP contribution in [0.25, 0.3) is 0 Å². The average molecular weight is 238 g/mol. The average Bonchev–Trinajstić information content (AvgIpc) is 2.89. The van der Waals surface area contributed by atoms with Gasteiger partial charge in [0.1, 0.15) is 0 Å². The monoisotopic (exact) mass is 238 g/mol. The van der Waals surface area contributed by atoms with Crippen LogP contribution in [0.3, 0.4) is 0 Å². The molecule has 1 aromatic rings. The van der Waals surface area contributed by atoms with Crippen LogP contribution in [-0.2, 0) is 13.1 Å². The Morgan fingerprint density at radius 1 is 1.59 bits per heavy atom. The summed E-state index contributed by atoms with van der Waals surface area (Å²) in [5.74, 6) is 0.785. The topological polar surface area (TPSA) is 53.3 Å². The van der Waals surface area contributed by atoms with Crippen molar-refractivity contribution in [2.75, 3.05) is 33.3 Å². The molecule has 2 N–H and O–H groups in total. The van der Waals surface area contributed by atoms with Gasteiger partial charge in [-0.3, -0.25) is 4.68 Å². The lowest BCUT2D eigenvalue weighted by Gasteiger charge is -2.10. The van der Waals surface area contributed by atoms with Crippen LogP contribution in [0.15, 0.2) is 12.4 Å². The van der Waals surface area contributed by atoms with E-state index in [0.29, 0.717) is 6.54 Å². The zero-order valence-corrected chi connectivity index (χ0v) is 10.5. The summed E-state index contributed by atoms with van der Waals surface area (Å²) in [5.41, 5.74) is 1.19. The predicted octanol–water partition coefficient (Wildman–Crippen LogP) is -0.0833. The first kappa shape index (κ1) is 12.5. The van der Waals surface area contributed by atoms with Gasteiger partial charge in [-0.25, -0.2) is 0 Å². The molecule has 2 rings (SSSR count). The molecule has 5 heteroatoms. The van der Waals surface area contributed by atoms with Gasteiger partial charge < -0.3 is 15.3 Å². The SMILES string of the molecule is CN1CCC(CNCc2cnn(CCO)c2)C1. The first-order valence-electron chi connectivity index (χ1n) is 6.29. The van der Waals surface area contributed by atoms with Crippen molar-refractivity contribution in [2.24, 2.45) is 5.92 Å². The lowest BCUT2D eigenvalue weighted by molar-refractivity contribution is 0.269. The molecule has 1 unspecified atom stereocenters. The lowest BCUT2D eigenvalue weighted by atomic mass is 10.1. The summed E-state index contributed by atoms with van der Waals surface area (Å²) in [6.45, 7) is 5.09. The third-order valence-corrected chi connectivity index (χ3v) is 3.27. The van der Waals surface area contributed by atoms with Gasteiger partial charge in [-0.15, -0.1) is 0 Å². The molecule has 0 aromatic carbocycles. The molecule has 1 saturated heterocycles. The maximum atomic E-state index is 8.79. The smallest absolute Gasteiger partial charge is 0.0640 e. The van der Waals surface area contributed by atoms with Crippen LogP contribution in [0.2, 0.25) is 0 Å². The van der Waals surface area contributed by atoms with Crippen molar-refractivity contribution in [1.29, 1.82) is 0 Å². The second-order valence-corrected chi connectivity index (χ2v) is 4.88. The Kier molecular flexibility index (Phi) is 4.53. The number of rotatable bonds is 6. The number of hydrogen-bond acceptors (Lipinski definition) is 4. The summed E-state index contributed by atoms with van der Waals surface area (Å²) in [6, 6.07) is 0. The van der Waals surface area contributed by atoms with Crippen molar-refractivity contribution in [3.63, 3.8) is 0 Å². The molecular weight excluding hydrogens is 216 g/mol. The fraction of sp³-hybridized carbons (Fsp3) is 0.750. The molecule has 0 aliphatic carbocycles. The minimum absolute atomic E-state index is 0.142. The van der Waals surface area contributed by atoms with Crippen LogP contribution in [-0.4, -0.2) is 53.1 Å². The standard InChI is InChI=1S/C12H22N4O/c1-15-3-2-11(9-15)6-13-7-12-8-14-16(10-12)4-5-17/h8,10-11,13,17H,2-7,9H2,1H3. The predicted molar refractivity (Wildman–Crippen MR) is 66.6 cm³/mol. The van der Waals surface area contributed by atoms with Gasteiger partial charge in [-0.2, -0.15) is 5.10 Å². The molecule has 96 valence electrons. The van der Waals surface area contributed by atoms with Crippen LogP contribution in [0.5, 0.6) is 0 Å². The van der Waals surface area contributed by atoms with Crippen molar-refractivity contribution < 1.29 is 5.11 Å². The normalized spacial score (nSPS) is 21.2. The van der Waals surface area contributed by atoms with Crippen molar-refractivity contribution in [1.82, 2.24) is 20.0 Å². The molecule has 0 saturated carbocycles. The molecule has 5 nitrogen and oxygen atoms in total. The number of aliphatic hydroxyl groups excluding tert-OH is 1. The summed E-state index contributed by atoms with van der Waals surface area (Å²) >= 11 is 0. The molecule has 0 bridgehead atoms. The lowest BCUT2D eigenvalue weighted by Crippen LogP contribution is -2.24. The van der Waals surface area contributed by atoms with E-state index in [9.17, 15) is 0 Å². The molecule has 0 amide bonds. The van der Waals surface area contributed by atoms with Crippen LogP contribution in [0.4, 0.5) is 0 Å². The van der Waals surface area contributed by atoms with Crippen LogP contribution in [0, 0.1) is 5.92 Å². The highest BCUT2D eigenvalue weighted by Crippen LogP contribution is 2.12. The summed E-state index contributed by atoms with van der Waals surface area (Å²) < 4.78 is 1.78. The van der Waals surface area contributed by atoms with E-state index in [4.69, 9.17) is 5.11 Å². The Labute approximate surface area is 102 Å². The number of hydrogen-bond donors (Lipinski definition) is 2. The van der Waals surface area contributed by atoms with Crippen molar-refractivity contribution in [2.45, 2.75) is 19.5 Å². The van der Waals surface area contributed by atoms with Gasteiger partial charge in [0.15, 0.2) is 0 Å². The fourth-order valence-corrected chi connectivity index (χ4v) is 2.34. The molecular formula is C12H22N4O. The van der Waals surface area contributed by atoms with Crippen molar-refractivity contribution in [3.8, 4) is 0 Å². The Hall–Kier alpha value is -0.910. The first-order valence-corrected chi connectivity index (χ1v) is 6.29.